The maximum atomic E-state index is 12.9. The van der Waals surface area contributed by atoms with E-state index in [9.17, 15) is 18.0 Å². The van der Waals surface area contributed by atoms with Gasteiger partial charge in [-0.05, 0) is 54.4 Å². The van der Waals surface area contributed by atoms with E-state index in [0.717, 1.165) is 33.3 Å². The van der Waals surface area contributed by atoms with Crippen molar-refractivity contribution < 1.29 is 18.0 Å². The van der Waals surface area contributed by atoms with E-state index < -0.39 is 15.9 Å². The normalized spacial score (nSPS) is 13.3. The highest BCUT2D eigenvalue weighted by molar-refractivity contribution is 7.91. The molecule has 2 aromatic carbocycles. The van der Waals surface area contributed by atoms with Crippen molar-refractivity contribution in [3.8, 4) is 0 Å². The Labute approximate surface area is 195 Å². The molecule has 166 valence electrons. The minimum absolute atomic E-state index is 0.0733. The summed E-state index contributed by atoms with van der Waals surface area (Å²) in [4.78, 5) is 27.0. The molecule has 0 bridgehead atoms. The molecule has 3 aromatic rings. The number of anilines is 2. The number of hydrogen-bond acceptors (Lipinski definition) is 5. The number of thiophene rings is 1. The fourth-order valence-corrected chi connectivity index (χ4v) is 6.30. The zero-order chi connectivity index (χ0) is 22.9. The Hall–Kier alpha value is -2.72. The van der Waals surface area contributed by atoms with Gasteiger partial charge in [-0.2, -0.15) is 4.31 Å². The molecule has 1 aromatic heterocycles. The van der Waals surface area contributed by atoms with E-state index in [0.29, 0.717) is 22.1 Å². The van der Waals surface area contributed by atoms with Gasteiger partial charge in [0.05, 0.1) is 10.9 Å². The van der Waals surface area contributed by atoms with Crippen LogP contribution in [0.5, 0.6) is 0 Å². The number of para-hydroxylation sites is 1. The first-order valence-corrected chi connectivity index (χ1v) is 12.4. The van der Waals surface area contributed by atoms with Crippen molar-refractivity contribution in [2.45, 2.75) is 10.6 Å². The van der Waals surface area contributed by atoms with Crippen LogP contribution in [-0.2, 0) is 21.2 Å². The highest BCUT2D eigenvalue weighted by atomic mass is 35.5. The van der Waals surface area contributed by atoms with E-state index in [1.807, 2.05) is 24.3 Å². The number of halogens is 1. The van der Waals surface area contributed by atoms with Gasteiger partial charge >= 0.3 is 0 Å². The lowest BCUT2D eigenvalue weighted by Crippen LogP contribution is -2.34. The standard InChI is InChI=1S/C22H20ClN3O4S2/c1-25(32(29,30)21-11-10-19(23)31-21)14-20(27)24-17-8-6-16(7-9-17)22(28)26-13-12-15-4-2-3-5-18(15)26/h2-11H,12-14H2,1H3,(H,24,27). The van der Waals surface area contributed by atoms with Crippen LogP contribution in [0.1, 0.15) is 15.9 Å². The number of amides is 2. The third-order valence-electron chi connectivity index (χ3n) is 5.13. The van der Waals surface area contributed by atoms with Gasteiger partial charge in [-0.1, -0.05) is 29.8 Å². The first-order chi connectivity index (χ1) is 15.3. The fourth-order valence-electron chi connectivity index (χ4n) is 3.48. The molecular formula is C22H20ClN3O4S2. The summed E-state index contributed by atoms with van der Waals surface area (Å²) in [7, 11) is -2.47. The number of carbonyl (C=O) groups excluding carboxylic acids is 2. The Bertz CT molecular complexity index is 1270. The molecule has 32 heavy (non-hydrogen) atoms. The van der Waals surface area contributed by atoms with Crippen LogP contribution in [0.15, 0.2) is 64.9 Å². The van der Waals surface area contributed by atoms with Crippen LogP contribution in [0.4, 0.5) is 11.4 Å². The number of nitrogens with zero attached hydrogens (tertiary/aromatic N) is 2. The maximum Gasteiger partial charge on any atom is 0.258 e. The molecule has 0 saturated heterocycles. The minimum atomic E-state index is -3.80. The first-order valence-electron chi connectivity index (χ1n) is 9.77. The lowest BCUT2D eigenvalue weighted by molar-refractivity contribution is -0.116. The number of nitrogens with one attached hydrogen (secondary N) is 1. The maximum absolute atomic E-state index is 12.9. The molecule has 7 nitrogen and oxygen atoms in total. The zero-order valence-electron chi connectivity index (χ0n) is 17.1. The summed E-state index contributed by atoms with van der Waals surface area (Å²) in [5.74, 6) is -0.598. The molecular weight excluding hydrogens is 470 g/mol. The Kier molecular flexibility index (Phi) is 6.34. The van der Waals surface area contributed by atoms with Gasteiger partial charge in [0.2, 0.25) is 5.91 Å². The lowest BCUT2D eigenvalue weighted by Gasteiger charge is -2.18. The number of likely N-dealkylation sites (N-methyl/N-ethyl adjacent to an activating group) is 1. The Morgan fingerprint density at radius 1 is 1.09 bits per heavy atom. The van der Waals surface area contributed by atoms with Gasteiger partial charge in [-0.15, -0.1) is 11.3 Å². The number of rotatable bonds is 6. The van der Waals surface area contributed by atoms with E-state index in [1.165, 1.54) is 19.2 Å². The number of fused-ring (bicyclic) bond motifs is 1. The van der Waals surface area contributed by atoms with Gasteiger partial charge in [0.25, 0.3) is 15.9 Å². The largest absolute Gasteiger partial charge is 0.325 e. The van der Waals surface area contributed by atoms with Gasteiger partial charge in [0, 0.05) is 30.5 Å². The average Bonchev–Trinajstić information content (AvgIpc) is 3.40. The van der Waals surface area contributed by atoms with E-state index in [4.69, 9.17) is 11.6 Å². The second-order valence-corrected chi connectivity index (χ2v) is 11.3. The quantitative estimate of drug-likeness (QED) is 0.569. The number of sulfonamides is 1. The molecule has 10 heteroatoms. The lowest BCUT2D eigenvalue weighted by atomic mass is 10.1. The smallest absolute Gasteiger partial charge is 0.258 e. The Morgan fingerprint density at radius 3 is 2.50 bits per heavy atom. The molecule has 0 unspecified atom stereocenters. The second-order valence-electron chi connectivity index (χ2n) is 7.28. The van der Waals surface area contributed by atoms with Crippen molar-refractivity contribution in [1.29, 1.82) is 0 Å². The van der Waals surface area contributed by atoms with Gasteiger partial charge in [0.15, 0.2) is 0 Å². The molecule has 2 amide bonds. The van der Waals surface area contributed by atoms with Crippen LogP contribution in [0.3, 0.4) is 0 Å². The summed E-state index contributed by atoms with van der Waals surface area (Å²) < 4.78 is 26.4. The number of hydrogen-bond donors (Lipinski definition) is 1. The summed E-state index contributed by atoms with van der Waals surface area (Å²) >= 11 is 6.75. The molecule has 1 aliphatic rings. The molecule has 0 aliphatic carbocycles. The van der Waals surface area contributed by atoms with Gasteiger partial charge in [0.1, 0.15) is 4.21 Å². The number of carbonyl (C=O) groups is 2. The number of benzene rings is 2. The molecule has 1 aliphatic heterocycles. The molecule has 4 rings (SSSR count). The summed E-state index contributed by atoms with van der Waals surface area (Å²) in [6, 6.07) is 17.3. The molecule has 0 radical (unpaired) electrons. The van der Waals surface area contributed by atoms with Crippen LogP contribution in [0, 0.1) is 0 Å². The molecule has 1 N–H and O–H groups in total. The monoisotopic (exact) mass is 489 g/mol. The average molecular weight is 490 g/mol. The molecule has 0 atom stereocenters. The summed E-state index contributed by atoms with van der Waals surface area (Å²) in [5.41, 5.74) is 3.05. The van der Waals surface area contributed by atoms with Crippen molar-refractivity contribution in [2.75, 3.05) is 30.4 Å². The molecule has 2 heterocycles. The predicted molar refractivity (Wildman–Crippen MR) is 126 cm³/mol. The van der Waals surface area contributed by atoms with Crippen molar-refractivity contribution >= 4 is 56.2 Å². The highest BCUT2D eigenvalue weighted by Crippen LogP contribution is 2.29. The molecule has 0 fully saturated rings. The first kappa shape index (κ1) is 22.5. The molecule has 0 spiro atoms. The van der Waals surface area contributed by atoms with Gasteiger partial charge in [-0.25, -0.2) is 8.42 Å². The van der Waals surface area contributed by atoms with Crippen LogP contribution < -0.4 is 10.2 Å². The van der Waals surface area contributed by atoms with E-state index in [1.54, 1.807) is 29.2 Å². The van der Waals surface area contributed by atoms with Crippen LogP contribution >= 0.6 is 22.9 Å². The van der Waals surface area contributed by atoms with E-state index in [2.05, 4.69) is 5.32 Å². The molecule has 0 saturated carbocycles. The predicted octanol–water partition coefficient (Wildman–Crippen LogP) is 3.86. The highest BCUT2D eigenvalue weighted by Gasteiger charge is 2.26. The second kappa shape index (κ2) is 9.03. The summed E-state index contributed by atoms with van der Waals surface area (Å²) in [6.07, 6.45) is 0.824. The van der Waals surface area contributed by atoms with Crippen LogP contribution in [0.2, 0.25) is 4.34 Å². The van der Waals surface area contributed by atoms with Crippen molar-refractivity contribution in [1.82, 2.24) is 4.31 Å². The van der Waals surface area contributed by atoms with Gasteiger partial charge < -0.3 is 10.2 Å². The third-order valence-corrected chi connectivity index (χ3v) is 8.63. The topological polar surface area (TPSA) is 86.8 Å². The minimum Gasteiger partial charge on any atom is -0.325 e. The SMILES string of the molecule is CN(CC(=O)Nc1ccc(C(=O)N2CCc3ccccc32)cc1)S(=O)(=O)c1ccc(Cl)s1. The van der Waals surface area contributed by atoms with E-state index in [-0.39, 0.29) is 16.7 Å². The third kappa shape index (κ3) is 4.56. The summed E-state index contributed by atoms with van der Waals surface area (Å²) in [5, 5.41) is 2.66. The van der Waals surface area contributed by atoms with Crippen LogP contribution in [-0.4, -0.2) is 44.7 Å². The Balaban J connectivity index is 1.38. The van der Waals surface area contributed by atoms with Gasteiger partial charge in [-0.3, -0.25) is 9.59 Å². The van der Waals surface area contributed by atoms with Crippen molar-refractivity contribution in [3.05, 3.63) is 76.1 Å². The summed E-state index contributed by atoms with van der Waals surface area (Å²) in [6.45, 7) is 0.274. The fraction of sp³-hybridized carbons (Fsp3) is 0.182. The Morgan fingerprint density at radius 2 is 1.81 bits per heavy atom. The van der Waals surface area contributed by atoms with Crippen LogP contribution in [0.25, 0.3) is 0 Å². The van der Waals surface area contributed by atoms with E-state index >= 15 is 0 Å². The zero-order valence-corrected chi connectivity index (χ0v) is 19.5. The van der Waals surface area contributed by atoms with Crippen molar-refractivity contribution in [3.63, 3.8) is 0 Å². The van der Waals surface area contributed by atoms with Crippen molar-refractivity contribution in [2.24, 2.45) is 0 Å².